The molecule has 0 aliphatic rings. The molecule has 0 radical (unpaired) electrons. The average molecular weight is 267 g/mol. The molecule has 0 amide bonds. The maximum Gasteiger partial charge on any atom is 0.0587 e. The van der Waals surface area contributed by atoms with Gasteiger partial charge in [-0.15, -0.1) is 0 Å². The van der Waals surface area contributed by atoms with Crippen molar-refractivity contribution < 1.29 is 4.74 Å². The highest BCUT2D eigenvalue weighted by Gasteiger charge is 2.03. The standard InChI is InChI=1S/C15H25NOS/c1-12-7-13(2)9-15(8-12)11-18-14(3)10-16-5-6-17-4/h7-9,14,16H,5-6,10-11H2,1-4H3. The van der Waals surface area contributed by atoms with Crippen LogP contribution in [0.3, 0.4) is 0 Å². The lowest BCUT2D eigenvalue weighted by atomic mass is 10.1. The van der Waals surface area contributed by atoms with Crippen molar-refractivity contribution in [1.29, 1.82) is 0 Å². The monoisotopic (exact) mass is 267 g/mol. The Morgan fingerprint density at radius 2 is 1.89 bits per heavy atom. The van der Waals surface area contributed by atoms with Crippen molar-refractivity contribution in [2.45, 2.75) is 31.8 Å². The number of aryl methyl sites for hydroxylation is 2. The van der Waals surface area contributed by atoms with Crippen LogP contribution in [0.2, 0.25) is 0 Å². The van der Waals surface area contributed by atoms with Crippen molar-refractivity contribution in [2.75, 3.05) is 26.8 Å². The largest absolute Gasteiger partial charge is 0.383 e. The van der Waals surface area contributed by atoms with E-state index in [-0.39, 0.29) is 0 Å². The van der Waals surface area contributed by atoms with Gasteiger partial charge >= 0.3 is 0 Å². The second kappa shape index (κ2) is 8.57. The number of ether oxygens (including phenoxy) is 1. The predicted octanol–water partition coefficient (Wildman–Crippen LogP) is 3.16. The van der Waals surface area contributed by atoms with Crippen LogP contribution in [-0.4, -0.2) is 32.1 Å². The molecule has 0 fully saturated rings. The summed E-state index contributed by atoms with van der Waals surface area (Å²) in [5.74, 6) is 1.09. The molecule has 0 saturated heterocycles. The van der Waals surface area contributed by atoms with Gasteiger partial charge in [0.1, 0.15) is 0 Å². The molecule has 0 heterocycles. The summed E-state index contributed by atoms with van der Waals surface area (Å²) in [6.07, 6.45) is 0. The topological polar surface area (TPSA) is 21.3 Å². The van der Waals surface area contributed by atoms with Gasteiger partial charge in [-0.1, -0.05) is 36.2 Å². The Morgan fingerprint density at radius 3 is 2.50 bits per heavy atom. The molecule has 0 aliphatic carbocycles. The molecule has 3 heteroatoms. The summed E-state index contributed by atoms with van der Waals surface area (Å²) < 4.78 is 5.01. The van der Waals surface area contributed by atoms with Crippen molar-refractivity contribution in [3.63, 3.8) is 0 Å². The Balaban J connectivity index is 2.26. The lowest BCUT2D eigenvalue weighted by molar-refractivity contribution is 0.199. The van der Waals surface area contributed by atoms with Crippen molar-refractivity contribution in [3.05, 3.63) is 34.9 Å². The zero-order chi connectivity index (χ0) is 13.4. The second-order valence-corrected chi connectivity index (χ2v) is 6.24. The molecule has 1 aromatic rings. The van der Waals surface area contributed by atoms with E-state index in [4.69, 9.17) is 4.74 Å². The van der Waals surface area contributed by atoms with Gasteiger partial charge in [-0.25, -0.2) is 0 Å². The Kier molecular flexibility index (Phi) is 7.40. The molecule has 0 aromatic heterocycles. The quantitative estimate of drug-likeness (QED) is 0.731. The summed E-state index contributed by atoms with van der Waals surface area (Å²) in [6, 6.07) is 6.79. The molecule has 0 spiro atoms. The molecule has 0 saturated carbocycles. The third kappa shape index (κ3) is 6.43. The van der Waals surface area contributed by atoms with Crippen LogP contribution in [0, 0.1) is 13.8 Å². The van der Waals surface area contributed by atoms with Gasteiger partial charge in [0.2, 0.25) is 0 Å². The molecule has 1 unspecified atom stereocenters. The lowest BCUT2D eigenvalue weighted by Gasteiger charge is -2.13. The minimum Gasteiger partial charge on any atom is -0.383 e. The fraction of sp³-hybridized carbons (Fsp3) is 0.600. The predicted molar refractivity (Wildman–Crippen MR) is 81.4 cm³/mol. The lowest BCUT2D eigenvalue weighted by Crippen LogP contribution is -2.26. The SMILES string of the molecule is COCCNCC(C)SCc1cc(C)cc(C)c1. The average Bonchev–Trinajstić information content (AvgIpc) is 2.31. The molecular formula is C15H25NOS. The number of rotatable bonds is 8. The summed E-state index contributed by atoms with van der Waals surface area (Å²) >= 11 is 2.00. The van der Waals surface area contributed by atoms with Crippen LogP contribution in [0.4, 0.5) is 0 Å². The van der Waals surface area contributed by atoms with E-state index in [1.165, 1.54) is 16.7 Å². The fourth-order valence-electron chi connectivity index (χ4n) is 1.93. The zero-order valence-corrected chi connectivity index (χ0v) is 12.8. The first kappa shape index (κ1) is 15.5. The number of benzene rings is 1. The van der Waals surface area contributed by atoms with Crippen molar-refractivity contribution in [2.24, 2.45) is 0 Å². The molecule has 102 valence electrons. The van der Waals surface area contributed by atoms with E-state index in [2.05, 4.69) is 44.3 Å². The van der Waals surface area contributed by atoms with E-state index in [9.17, 15) is 0 Å². The van der Waals surface area contributed by atoms with Gasteiger partial charge in [-0.3, -0.25) is 0 Å². The van der Waals surface area contributed by atoms with Crippen LogP contribution in [0.5, 0.6) is 0 Å². The summed E-state index contributed by atoms with van der Waals surface area (Å²) in [4.78, 5) is 0. The smallest absolute Gasteiger partial charge is 0.0587 e. The Labute approximate surface area is 116 Å². The molecule has 1 aromatic carbocycles. The number of hydrogen-bond acceptors (Lipinski definition) is 3. The first-order valence-electron chi connectivity index (χ1n) is 6.50. The van der Waals surface area contributed by atoms with Crippen LogP contribution in [-0.2, 0) is 10.5 Å². The molecule has 0 aliphatic heterocycles. The van der Waals surface area contributed by atoms with Crippen LogP contribution in [0.25, 0.3) is 0 Å². The van der Waals surface area contributed by atoms with Crippen LogP contribution >= 0.6 is 11.8 Å². The van der Waals surface area contributed by atoms with Crippen molar-refractivity contribution in [3.8, 4) is 0 Å². The Morgan fingerprint density at radius 1 is 1.22 bits per heavy atom. The normalized spacial score (nSPS) is 12.7. The molecule has 2 nitrogen and oxygen atoms in total. The van der Waals surface area contributed by atoms with Gasteiger partial charge in [0.15, 0.2) is 0 Å². The van der Waals surface area contributed by atoms with Gasteiger partial charge in [-0.2, -0.15) is 11.8 Å². The molecule has 18 heavy (non-hydrogen) atoms. The van der Waals surface area contributed by atoms with E-state index in [1.54, 1.807) is 7.11 Å². The molecule has 1 N–H and O–H groups in total. The third-order valence-electron chi connectivity index (χ3n) is 2.73. The van der Waals surface area contributed by atoms with Gasteiger partial charge in [0, 0.05) is 31.2 Å². The molecular weight excluding hydrogens is 242 g/mol. The minimum atomic E-state index is 0.627. The second-order valence-electron chi connectivity index (χ2n) is 4.81. The fourth-order valence-corrected chi connectivity index (χ4v) is 2.81. The summed E-state index contributed by atoms with van der Waals surface area (Å²) in [5.41, 5.74) is 4.15. The van der Waals surface area contributed by atoms with Gasteiger partial charge in [0.05, 0.1) is 6.61 Å². The summed E-state index contributed by atoms with van der Waals surface area (Å²) in [5, 5.41) is 4.03. The number of hydrogen-bond donors (Lipinski definition) is 1. The number of methoxy groups -OCH3 is 1. The molecule has 0 bridgehead atoms. The zero-order valence-electron chi connectivity index (χ0n) is 12.0. The molecule has 1 rings (SSSR count). The number of thioether (sulfide) groups is 1. The highest BCUT2D eigenvalue weighted by Crippen LogP contribution is 2.19. The van der Waals surface area contributed by atoms with E-state index >= 15 is 0 Å². The highest BCUT2D eigenvalue weighted by atomic mass is 32.2. The van der Waals surface area contributed by atoms with E-state index < -0.39 is 0 Å². The van der Waals surface area contributed by atoms with E-state index in [1.807, 2.05) is 11.8 Å². The van der Waals surface area contributed by atoms with Crippen LogP contribution in [0.1, 0.15) is 23.6 Å². The summed E-state index contributed by atoms with van der Waals surface area (Å²) in [7, 11) is 1.74. The van der Waals surface area contributed by atoms with E-state index in [0.717, 1.165) is 25.4 Å². The van der Waals surface area contributed by atoms with Gasteiger partial charge in [-0.05, 0) is 19.4 Å². The Hall–Kier alpha value is -0.510. The van der Waals surface area contributed by atoms with Gasteiger partial charge in [0.25, 0.3) is 0 Å². The maximum atomic E-state index is 5.01. The number of nitrogens with one attached hydrogen (secondary N) is 1. The highest BCUT2D eigenvalue weighted by molar-refractivity contribution is 7.99. The first-order chi connectivity index (χ1) is 8.61. The summed E-state index contributed by atoms with van der Waals surface area (Å²) in [6.45, 7) is 9.36. The molecule has 1 atom stereocenters. The third-order valence-corrected chi connectivity index (χ3v) is 3.97. The first-order valence-corrected chi connectivity index (χ1v) is 7.55. The van der Waals surface area contributed by atoms with E-state index in [0.29, 0.717) is 5.25 Å². The Bertz CT molecular complexity index is 334. The maximum absolute atomic E-state index is 5.01. The van der Waals surface area contributed by atoms with Crippen LogP contribution in [0.15, 0.2) is 18.2 Å². The van der Waals surface area contributed by atoms with Gasteiger partial charge < -0.3 is 10.1 Å². The van der Waals surface area contributed by atoms with Crippen LogP contribution < -0.4 is 5.32 Å². The van der Waals surface area contributed by atoms with Crippen molar-refractivity contribution in [1.82, 2.24) is 5.32 Å². The minimum absolute atomic E-state index is 0.627. The van der Waals surface area contributed by atoms with Crippen molar-refractivity contribution >= 4 is 11.8 Å².